The molecule has 0 aliphatic carbocycles. The summed E-state index contributed by atoms with van der Waals surface area (Å²) in [7, 11) is 1.84. The van der Waals surface area contributed by atoms with Crippen LogP contribution in [0.25, 0.3) is 0 Å². The SMILES string of the molecule is Cl.Cn1nccc1CNC(=O)CC(N)c1ccccc1. The van der Waals surface area contributed by atoms with Crippen LogP contribution in [0, 0.1) is 0 Å². The third kappa shape index (κ3) is 4.36. The fourth-order valence-electron chi connectivity index (χ4n) is 1.85. The number of aromatic nitrogens is 2. The molecule has 1 atom stereocenters. The van der Waals surface area contributed by atoms with Crippen LogP contribution in [0.3, 0.4) is 0 Å². The molecule has 1 amide bonds. The van der Waals surface area contributed by atoms with Gasteiger partial charge in [-0.3, -0.25) is 9.48 Å². The first-order chi connectivity index (χ1) is 9.16. The Kier molecular flexibility index (Phi) is 6.21. The van der Waals surface area contributed by atoms with Crippen molar-refractivity contribution in [3.8, 4) is 0 Å². The van der Waals surface area contributed by atoms with Gasteiger partial charge in [0.2, 0.25) is 5.91 Å². The molecular weight excluding hydrogens is 276 g/mol. The van der Waals surface area contributed by atoms with Crippen LogP contribution in [0.5, 0.6) is 0 Å². The van der Waals surface area contributed by atoms with Crippen LogP contribution in [-0.2, 0) is 18.4 Å². The first-order valence-electron chi connectivity index (χ1n) is 6.21. The summed E-state index contributed by atoms with van der Waals surface area (Å²) in [5.41, 5.74) is 7.93. The lowest BCUT2D eigenvalue weighted by Crippen LogP contribution is -2.27. The summed E-state index contributed by atoms with van der Waals surface area (Å²) in [5, 5.41) is 6.89. The third-order valence-electron chi connectivity index (χ3n) is 3.02. The first kappa shape index (κ1) is 16.2. The molecule has 6 heteroatoms. The highest BCUT2D eigenvalue weighted by Crippen LogP contribution is 2.12. The van der Waals surface area contributed by atoms with Gasteiger partial charge in [0.25, 0.3) is 0 Å². The highest BCUT2D eigenvalue weighted by Gasteiger charge is 2.11. The largest absolute Gasteiger partial charge is 0.350 e. The van der Waals surface area contributed by atoms with Crippen molar-refractivity contribution in [1.82, 2.24) is 15.1 Å². The van der Waals surface area contributed by atoms with E-state index in [0.29, 0.717) is 6.54 Å². The van der Waals surface area contributed by atoms with Crippen molar-refractivity contribution < 1.29 is 4.79 Å². The molecule has 5 nitrogen and oxygen atoms in total. The molecule has 0 spiro atoms. The zero-order valence-corrected chi connectivity index (χ0v) is 12.1. The molecular formula is C14H19ClN4O. The van der Waals surface area contributed by atoms with E-state index in [1.54, 1.807) is 10.9 Å². The standard InChI is InChI=1S/C14H18N4O.ClH/c1-18-12(7-8-17-18)10-16-14(19)9-13(15)11-5-3-2-4-6-11;/h2-8,13H,9-10,15H2,1H3,(H,16,19);1H. The van der Waals surface area contributed by atoms with E-state index >= 15 is 0 Å². The van der Waals surface area contributed by atoms with Gasteiger partial charge < -0.3 is 11.1 Å². The third-order valence-corrected chi connectivity index (χ3v) is 3.02. The van der Waals surface area contributed by atoms with Gasteiger partial charge in [-0.05, 0) is 11.6 Å². The van der Waals surface area contributed by atoms with E-state index in [2.05, 4.69) is 10.4 Å². The monoisotopic (exact) mass is 294 g/mol. The Morgan fingerprint density at radius 3 is 2.65 bits per heavy atom. The van der Waals surface area contributed by atoms with Gasteiger partial charge in [-0.1, -0.05) is 30.3 Å². The van der Waals surface area contributed by atoms with E-state index < -0.39 is 0 Å². The summed E-state index contributed by atoms with van der Waals surface area (Å²) in [4.78, 5) is 11.8. The zero-order chi connectivity index (χ0) is 13.7. The lowest BCUT2D eigenvalue weighted by molar-refractivity contribution is -0.121. The number of benzene rings is 1. The van der Waals surface area contributed by atoms with Gasteiger partial charge >= 0.3 is 0 Å². The number of carbonyl (C=O) groups excluding carboxylic acids is 1. The summed E-state index contributed by atoms with van der Waals surface area (Å²) < 4.78 is 1.73. The van der Waals surface area contributed by atoms with Crippen molar-refractivity contribution in [1.29, 1.82) is 0 Å². The predicted octanol–water partition coefficient (Wildman–Crippen LogP) is 1.55. The zero-order valence-electron chi connectivity index (χ0n) is 11.3. The smallest absolute Gasteiger partial charge is 0.222 e. The number of nitrogens with two attached hydrogens (primary N) is 1. The Bertz CT molecular complexity index is 541. The van der Waals surface area contributed by atoms with Gasteiger partial charge in [0.15, 0.2) is 0 Å². The van der Waals surface area contributed by atoms with Crippen molar-refractivity contribution in [3.63, 3.8) is 0 Å². The molecule has 1 aromatic carbocycles. The maximum Gasteiger partial charge on any atom is 0.222 e. The number of halogens is 1. The van der Waals surface area contributed by atoms with E-state index in [4.69, 9.17) is 5.73 Å². The van der Waals surface area contributed by atoms with Crippen LogP contribution < -0.4 is 11.1 Å². The van der Waals surface area contributed by atoms with Crippen LogP contribution in [-0.4, -0.2) is 15.7 Å². The minimum absolute atomic E-state index is 0. The maximum atomic E-state index is 11.8. The first-order valence-corrected chi connectivity index (χ1v) is 6.21. The van der Waals surface area contributed by atoms with Gasteiger partial charge in [-0.15, -0.1) is 12.4 Å². The number of nitrogens with zero attached hydrogens (tertiary/aromatic N) is 2. The summed E-state index contributed by atoms with van der Waals surface area (Å²) in [5.74, 6) is -0.0578. The summed E-state index contributed by atoms with van der Waals surface area (Å²) in [6.45, 7) is 0.469. The maximum absolute atomic E-state index is 11.8. The summed E-state index contributed by atoms with van der Waals surface area (Å²) in [6.07, 6.45) is 1.99. The minimum Gasteiger partial charge on any atom is -0.350 e. The fourth-order valence-corrected chi connectivity index (χ4v) is 1.85. The Hall–Kier alpha value is -1.85. The second-order valence-corrected chi connectivity index (χ2v) is 4.44. The molecule has 0 bridgehead atoms. The topological polar surface area (TPSA) is 72.9 Å². The number of rotatable bonds is 5. The van der Waals surface area contributed by atoms with E-state index in [9.17, 15) is 4.79 Å². The lowest BCUT2D eigenvalue weighted by Gasteiger charge is -2.12. The van der Waals surface area contributed by atoms with E-state index in [1.165, 1.54) is 0 Å². The molecule has 0 aliphatic heterocycles. The van der Waals surface area contributed by atoms with Crippen molar-refractivity contribution in [2.24, 2.45) is 12.8 Å². The molecule has 0 saturated carbocycles. The lowest BCUT2D eigenvalue weighted by atomic mass is 10.0. The number of hydrogen-bond donors (Lipinski definition) is 2. The van der Waals surface area contributed by atoms with Crippen LogP contribution in [0.1, 0.15) is 23.7 Å². The molecule has 2 rings (SSSR count). The highest BCUT2D eigenvalue weighted by molar-refractivity contribution is 5.85. The molecule has 3 N–H and O–H groups in total. The molecule has 0 saturated heterocycles. The molecule has 1 unspecified atom stereocenters. The Labute approximate surface area is 124 Å². The van der Waals surface area contributed by atoms with E-state index in [1.807, 2.05) is 43.4 Å². The van der Waals surface area contributed by atoms with Crippen LogP contribution in [0.2, 0.25) is 0 Å². The Balaban J connectivity index is 0.00000200. The van der Waals surface area contributed by atoms with Crippen molar-refractivity contribution in [3.05, 3.63) is 53.9 Å². The van der Waals surface area contributed by atoms with Gasteiger partial charge in [-0.2, -0.15) is 5.10 Å². The van der Waals surface area contributed by atoms with Gasteiger partial charge in [0.05, 0.1) is 12.2 Å². The van der Waals surface area contributed by atoms with Crippen molar-refractivity contribution in [2.45, 2.75) is 19.0 Å². The van der Waals surface area contributed by atoms with E-state index in [-0.39, 0.29) is 30.8 Å². The summed E-state index contributed by atoms with van der Waals surface area (Å²) in [6, 6.07) is 11.2. The Morgan fingerprint density at radius 2 is 2.05 bits per heavy atom. The molecule has 0 fully saturated rings. The number of amides is 1. The number of nitrogens with one attached hydrogen (secondary N) is 1. The molecule has 0 aliphatic rings. The molecule has 20 heavy (non-hydrogen) atoms. The molecule has 108 valence electrons. The Morgan fingerprint density at radius 1 is 1.35 bits per heavy atom. The second kappa shape index (κ2) is 7.67. The number of hydrogen-bond acceptors (Lipinski definition) is 3. The van der Waals surface area contributed by atoms with E-state index in [0.717, 1.165) is 11.3 Å². The average molecular weight is 295 g/mol. The van der Waals surface area contributed by atoms with Crippen LogP contribution >= 0.6 is 12.4 Å². The molecule has 1 heterocycles. The minimum atomic E-state index is -0.271. The second-order valence-electron chi connectivity index (χ2n) is 4.44. The van der Waals surface area contributed by atoms with Crippen molar-refractivity contribution >= 4 is 18.3 Å². The number of aryl methyl sites for hydroxylation is 1. The van der Waals surface area contributed by atoms with Gasteiger partial charge in [-0.25, -0.2) is 0 Å². The highest BCUT2D eigenvalue weighted by atomic mass is 35.5. The number of carbonyl (C=O) groups is 1. The predicted molar refractivity (Wildman–Crippen MR) is 80.3 cm³/mol. The normalized spacial score (nSPS) is 11.5. The molecule has 2 aromatic rings. The quantitative estimate of drug-likeness (QED) is 0.879. The van der Waals surface area contributed by atoms with Crippen molar-refractivity contribution in [2.75, 3.05) is 0 Å². The molecule has 0 radical (unpaired) electrons. The van der Waals surface area contributed by atoms with Gasteiger partial charge in [0, 0.05) is 25.7 Å². The molecule has 1 aromatic heterocycles. The van der Waals surface area contributed by atoms with Crippen LogP contribution in [0.15, 0.2) is 42.6 Å². The fraction of sp³-hybridized carbons (Fsp3) is 0.286. The van der Waals surface area contributed by atoms with Crippen LogP contribution in [0.4, 0.5) is 0 Å². The summed E-state index contributed by atoms with van der Waals surface area (Å²) >= 11 is 0. The average Bonchev–Trinajstić information content (AvgIpc) is 2.83. The van der Waals surface area contributed by atoms with Gasteiger partial charge in [0.1, 0.15) is 0 Å².